The van der Waals surface area contributed by atoms with Crippen molar-refractivity contribution in [1.29, 1.82) is 5.26 Å². The third-order valence-corrected chi connectivity index (χ3v) is 4.35. The monoisotopic (exact) mass is 379 g/mol. The lowest BCUT2D eigenvalue weighted by Crippen LogP contribution is -2.60. The van der Waals surface area contributed by atoms with Crippen molar-refractivity contribution in [3.05, 3.63) is 0 Å². The van der Waals surface area contributed by atoms with Crippen LogP contribution in [0.3, 0.4) is 0 Å². The van der Waals surface area contributed by atoms with Crippen molar-refractivity contribution in [2.24, 2.45) is 0 Å². The number of hydrogen-bond acceptors (Lipinski definition) is 11. The van der Waals surface area contributed by atoms with Crippen LogP contribution in [-0.2, 0) is 18.9 Å². The average Bonchev–Trinajstić information content (AvgIpc) is 2.90. The summed E-state index contributed by atoms with van der Waals surface area (Å²) in [5, 5.41) is 67.9. The predicted molar refractivity (Wildman–Crippen MR) is 81.2 cm³/mol. The molecule has 0 amide bonds. The molecule has 0 aromatic carbocycles. The van der Waals surface area contributed by atoms with E-state index in [0.29, 0.717) is 0 Å². The molecule has 2 aliphatic heterocycles. The Bertz CT molecular complexity index is 525. The second kappa shape index (κ2) is 7.99. The number of hydrogen-bond donors (Lipinski definition) is 6. The van der Waals surface area contributed by atoms with Crippen molar-refractivity contribution in [2.75, 3.05) is 19.8 Å². The Morgan fingerprint density at radius 3 is 2.35 bits per heavy atom. The minimum absolute atomic E-state index is 0.354. The molecule has 2 rings (SSSR count). The molecule has 0 aromatic rings. The lowest BCUT2D eigenvalue weighted by Gasteiger charge is -2.41. The highest BCUT2D eigenvalue weighted by Gasteiger charge is 2.50. The number of aliphatic hydroxyl groups is 6. The van der Waals surface area contributed by atoms with Crippen LogP contribution in [0.1, 0.15) is 13.8 Å². The molecule has 0 bridgehead atoms. The highest BCUT2D eigenvalue weighted by Crippen LogP contribution is 2.28. The van der Waals surface area contributed by atoms with Gasteiger partial charge in [0.2, 0.25) is 0 Å². The molecule has 2 aliphatic rings. The summed E-state index contributed by atoms with van der Waals surface area (Å²) >= 11 is 0. The van der Waals surface area contributed by atoms with Gasteiger partial charge >= 0.3 is 0 Å². The third-order valence-electron chi connectivity index (χ3n) is 4.35. The van der Waals surface area contributed by atoms with E-state index >= 15 is 0 Å². The fourth-order valence-corrected chi connectivity index (χ4v) is 2.59. The van der Waals surface area contributed by atoms with Crippen molar-refractivity contribution < 1.29 is 49.6 Å². The summed E-state index contributed by atoms with van der Waals surface area (Å²) in [7, 11) is 0. The van der Waals surface area contributed by atoms with Gasteiger partial charge in [0.25, 0.3) is 0 Å². The standard InChI is InChI=1S/C15H25NO10/c1-14(2,4-16)26-12-10(20)9(19)8(18)7(25-12)3-23-13-11(21)15(22,5-17)6-24-13/h7-13,17-22H,3,5-6H2,1-2H3/t7-,8-,9+,10-,11+,12+,13-,15-/m1/s1. The zero-order valence-electron chi connectivity index (χ0n) is 14.4. The first kappa shape index (κ1) is 21.4. The van der Waals surface area contributed by atoms with Crippen LogP contribution in [0.25, 0.3) is 0 Å². The van der Waals surface area contributed by atoms with E-state index < -0.39 is 60.9 Å². The quantitative estimate of drug-likeness (QED) is 0.270. The largest absolute Gasteiger partial charge is 0.393 e. The maximum atomic E-state index is 10.0. The summed E-state index contributed by atoms with van der Waals surface area (Å²) < 4.78 is 21.0. The molecular formula is C15H25NO10. The molecule has 0 aromatic heterocycles. The summed E-state index contributed by atoms with van der Waals surface area (Å²) in [6, 6.07) is 1.85. The SMILES string of the molecule is CC(C)(C#N)O[C@@H]1O[C@H](CO[C@@H]2OC[C@](O)(CO)[C@H]2O)[C@@H](O)[C@H](O)[C@H]1O. The first-order valence-electron chi connectivity index (χ1n) is 8.08. The fourth-order valence-electron chi connectivity index (χ4n) is 2.59. The van der Waals surface area contributed by atoms with Gasteiger partial charge in [-0.15, -0.1) is 0 Å². The summed E-state index contributed by atoms with van der Waals surface area (Å²) in [5.74, 6) is 0. The fraction of sp³-hybridized carbons (Fsp3) is 0.933. The zero-order valence-corrected chi connectivity index (χ0v) is 14.4. The molecule has 0 saturated carbocycles. The van der Waals surface area contributed by atoms with E-state index in [2.05, 4.69) is 0 Å². The molecule has 11 heteroatoms. The van der Waals surface area contributed by atoms with Gasteiger partial charge in [-0.2, -0.15) is 5.26 Å². The van der Waals surface area contributed by atoms with Crippen LogP contribution < -0.4 is 0 Å². The molecule has 0 radical (unpaired) electrons. The van der Waals surface area contributed by atoms with Crippen LogP contribution in [0.2, 0.25) is 0 Å². The van der Waals surface area contributed by atoms with Gasteiger partial charge in [0.1, 0.15) is 36.1 Å². The Morgan fingerprint density at radius 1 is 1.15 bits per heavy atom. The first-order valence-corrected chi connectivity index (χ1v) is 8.08. The minimum atomic E-state index is -1.87. The molecule has 0 spiro atoms. The van der Waals surface area contributed by atoms with Crippen molar-refractivity contribution in [1.82, 2.24) is 0 Å². The Balaban J connectivity index is 1.99. The molecule has 11 nitrogen and oxygen atoms in total. The maximum absolute atomic E-state index is 10.0. The Labute approximate surface area is 149 Å². The third kappa shape index (κ3) is 4.32. The molecule has 2 heterocycles. The van der Waals surface area contributed by atoms with Gasteiger partial charge in [-0.3, -0.25) is 0 Å². The van der Waals surface area contributed by atoms with Gasteiger partial charge in [0.15, 0.2) is 18.2 Å². The Morgan fingerprint density at radius 2 is 1.81 bits per heavy atom. The maximum Gasteiger partial charge on any atom is 0.188 e. The topological polar surface area (TPSA) is 182 Å². The van der Waals surface area contributed by atoms with Crippen LogP contribution in [0, 0.1) is 11.3 Å². The molecule has 6 N–H and O–H groups in total. The second-order valence-corrected chi connectivity index (χ2v) is 6.97. The number of ether oxygens (including phenoxy) is 4. The molecule has 8 atom stereocenters. The normalized spacial score (nSPS) is 44.0. The zero-order chi connectivity index (χ0) is 19.7. The molecule has 150 valence electrons. The number of nitrogens with zero attached hydrogens (tertiary/aromatic N) is 1. The Kier molecular flexibility index (Phi) is 6.57. The number of rotatable bonds is 6. The van der Waals surface area contributed by atoms with Gasteiger partial charge < -0.3 is 49.6 Å². The highest BCUT2D eigenvalue weighted by atomic mass is 16.7. The summed E-state index contributed by atoms with van der Waals surface area (Å²) in [5.41, 5.74) is -3.18. The van der Waals surface area contributed by atoms with E-state index in [1.165, 1.54) is 13.8 Å². The summed E-state index contributed by atoms with van der Waals surface area (Å²) in [4.78, 5) is 0. The van der Waals surface area contributed by atoms with E-state index in [0.717, 1.165) is 0 Å². The smallest absolute Gasteiger partial charge is 0.188 e. The van der Waals surface area contributed by atoms with Gasteiger partial charge in [-0.25, -0.2) is 0 Å². The van der Waals surface area contributed by atoms with Crippen molar-refractivity contribution in [3.8, 4) is 6.07 Å². The van der Waals surface area contributed by atoms with Crippen LogP contribution in [-0.4, -0.2) is 105 Å². The van der Waals surface area contributed by atoms with Crippen molar-refractivity contribution >= 4 is 0 Å². The van der Waals surface area contributed by atoms with Crippen molar-refractivity contribution in [2.45, 2.75) is 68.1 Å². The molecule has 2 saturated heterocycles. The Hall–Kier alpha value is -0.910. The summed E-state index contributed by atoms with van der Waals surface area (Å²) in [6.07, 6.45) is -10.2. The van der Waals surface area contributed by atoms with E-state index in [4.69, 9.17) is 29.3 Å². The van der Waals surface area contributed by atoms with Crippen LogP contribution in [0.4, 0.5) is 0 Å². The lowest BCUT2D eigenvalue weighted by atomic mass is 9.98. The number of nitriles is 1. The van der Waals surface area contributed by atoms with Crippen molar-refractivity contribution in [3.63, 3.8) is 0 Å². The minimum Gasteiger partial charge on any atom is -0.393 e. The molecule has 0 unspecified atom stereocenters. The highest BCUT2D eigenvalue weighted by molar-refractivity contribution is 4.97. The van der Waals surface area contributed by atoms with E-state index in [1.807, 2.05) is 6.07 Å². The van der Waals surface area contributed by atoms with Gasteiger partial charge in [-0.05, 0) is 13.8 Å². The number of aliphatic hydroxyl groups excluding tert-OH is 5. The first-order chi connectivity index (χ1) is 12.0. The molecule has 2 fully saturated rings. The molecule has 0 aliphatic carbocycles. The van der Waals surface area contributed by atoms with Crippen LogP contribution in [0.5, 0.6) is 0 Å². The average molecular weight is 379 g/mol. The van der Waals surface area contributed by atoms with Gasteiger partial charge in [-0.1, -0.05) is 0 Å². The summed E-state index contributed by atoms with van der Waals surface area (Å²) in [6.45, 7) is 1.39. The second-order valence-electron chi connectivity index (χ2n) is 6.97. The lowest BCUT2D eigenvalue weighted by molar-refractivity contribution is -0.323. The van der Waals surface area contributed by atoms with E-state index in [1.54, 1.807) is 0 Å². The van der Waals surface area contributed by atoms with Crippen LogP contribution in [0.15, 0.2) is 0 Å². The predicted octanol–water partition coefficient (Wildman–Crippen LogP) is -3.43. The van der Waals surface area contributed by atoms with E-state index in [9.17, 15) is 25.5 Å². The molecule has 26 heavy (non-hydrogen) atoms. The van der Waals surface area contributed by atoms with Crippen LogP contribution >= 0.6 is 0 Å². The van der Waals surface area contributed by atoms with E-state index in [-0.39, 0.29) is 13.2 Å². The molecular weight excluding hydrogens is 354 g/mol. The van der Waals surface area contributed by atoms with Gasteiger partial charge in [0, 0.05) is 0 Å². The van der Waals surface area contributed by atoms with Gasteiger partial charge in [0.05, 0.1) is 25.9 Å².